The van der Waals surface area contributed by atoms with E-state index in [0.29, 0.717) is 11.1 Å². The van der Waals surface area contributed by atoms with Crippen LogP contribution in [0.3, 0.4) is 0 Å². The van der Waals surface area contributed by atoms with Crippen LogP contribution in [-0.4, -0.2) is 16.9 Å². The minimum atomic E-state index is -1.06. The van der Waals surface area contributed by atoms with Gasteiger partial charge in [0.15, 0.2) is 5.78 Å². The Kier molecular flexibility index (Phi) is 4.48. The Morgan fingerprint density at radius 1 is 1.00 bits per heavy atom. The summed E-state index contributed by atoms with van der Waals surface area (Å²) in [7, 11) is 0. The molecule has 2 aromatic rings. The van der Waals surface area contributed by atoms with Gasteiger partial charge in [-0.15, -0.1) is 0 Å². The van der Waals surface area contributed by atoms with Crippen LogP contribution in [0.2, 0.25) is 0 Å². The topological polar surface area (TPSA) is 54.4 Å². The van der Waals surface area contributed by atoms with Crippen molar-refractivity contribution in [1.29, 1.82) is 0 Å². The minimum Gasteiger partial charge on any atom is -0.481 e. The van der Waals surface area contributed by atoms with Gasteiger partial charge < -0.3 is 5.11 Å². The number of Topliss-reactive ketones (excluding diaryl/α,β-unsaturated/α-hetero) is 1. The first-order valence-electron chi connectivity index (χ1n) is 6.58. The second-order valence-electron chi connectivity index (χ2n) is 4.89. The van der Waals surface area contributed by atoms with E-state index in [-0.39, 0.29) is 5.78 Å². The molecule has 0 saturated heterocycles. The Morgan fingerprint density at radius 3 is 2.10 bits per heavy atom. The predicted octanol–water partition coefficient (Wildman–Crippen LogP) is 3.51. The van der Waals surface area contributed by atoms with Crippen molar-refractivity contribution < 1.29 is 19.1 Å². The molecule has 2 rings (SSSR count). The summed E-state index contributed by atoms with van der Waals surface area (Å²) in [5.74, 6) is -3.51. The lowest BCUT2D eigenvalue weighted by Gasteiger charge is -2.20. The summed E-state index contributed by atoms with van der Waals surface area (Å²) in [5, 5.41) is 9.24. The molecule has 108 valence electrons. The summed E-state index contributed by atoms with van der Waals surface area (Å²) in [6.07, 6.45) is 0. The fraction of sp³-hybridized carbons (Fsp3) is 0.176. The lowest BCUT2D eigenvalue weighted by atomic mass is 9.81. The maximum absolute atomic E-state index is 13.0. The highest BCUT2D eigenvalue weighted by Crippen LogP contribution is 2.29. The average Bonchev–Trinajstić information content (AvgIpc) is 2.50. The molecule has 21 heavy (non-hydrogen) atoms. The molecule has 0 amide bonds. The third-order valence-electron chi connectivity index (χ3n) is 3.46. The number of carboxylic acid groups (broad SMARTS) is 1. The monoisotopic (exact) mass is 286 g/mol. The number of ketones is 1. The van der Waals surface area contributed by atoms with Gasteiger partial charge in [0.25, 0.3) is 0 Å². The van der Waals surface area contributed by atoms with Crippen LogP contribution >= 0.6 is 0 Å². The van der Waals surface area contributed by atoms with Crippen molar-refractivity contribution >= 4 is 11.8 Å². The molecule has 0 saturated carbocycles. The van der Waals surface area contributed by atoms with E-state index in [2.05, 4.69) is 0 Å². The smallest absolute Gasteiger partial charge is 0.307 e. The maximum Gasteiger partial charge on any atom is 0.307 e. The summed E-state index contributed by atoms with van der Waals surface area (Å²) in [6, 6.07) is 13.9. The number of aliphatic carboxylic acids is 1. The fourth-order valence-corrected chi connectivity index (χ4v) is 2.26. The molecule has 0 bridgehead atoms. The van der Waals surface area contributed by atoms with Crippen LogP contribution in [-0.2, 0) is 4.79 Å². The van der Waals surface area contributed by atoms with E-state index in [4.69, 9.17) is 0 Å². The number of carbonyl (C=O) groups is 2. The highest BCUT2D eigenvalue weighted by atomic mass is 19.1. The number of benzene rings is 2. The number of carbonyl (C=O) groups excluding carboxylic acids is 1. The molecule has 0 aromatic heterocycles. The third kappa shape index (κ3) is 3.34. The van der Waals surface area contributed by atoms with Crippen molar-refractivity contribution in [1.82, 2.24) is 0 Å². The lowest BCUT2D eigenvalue weighted by Crippen LogP contribution is -2.26. The van der Waals surface area contributed by atoms with Crippen LogP contribution in [0.1, 0.15) is 28.8 Å². The van der Waals surface area contributed by atoms with Crippen LogP contribution in [0, 0.1) is 11.7 Å². The van der Waals surface area contributed by atoms with Gasteiger partial charge in [0.05, 0.1) is 11.8 Å². The molecule has 2 atom stereocenters. The minimum absolute atomic E-state index is 0.280. The molecular weight excluding hydrogens is 271 g/mol. The zero-order valence-corrected chi connectivity index (χ0v) is 11.5. The molecule has 0 aliphatic rings. The van der Waals surface area contributed by atoms with Gasteiger partial charge in [-0.25, -0.2) is 4.39 Å². The zero-order chi connectivity index (χ0) is 15.4. The van der Waals surface area contributed by atoms with Gasteiger partial charge in [-0.3, -0.25) is 9.59 Å². The van der Waals surface area contributed by atoms with E-state index in [9.17, 15) is 19.1 Å². The van der Waals surface area contributed by atoms with Crippen LogP contribution in [0.25, 0.3) is 0 Å². The van der Waals surface area contributed by atoms with Crippen molar-refractivity contribution in [3.63, 3.8) is 0 Å². The summed E-state index contributed by atoms with van der Waals surface area (Å²) >= 11 is 0. The summed E-state index contributed by atoms with van der Waals surface area (Å²) in [5.41, 5.74) is 0.945. The largest absolute Gasteiger partial charge is 0.481 e. The van der Waals surface area contributed by atoms with Gasteiger partial charge in [-0.2, -0.15) is 0 Å². The van der Waals surface area contributed by atoms with E-state index in [0.717, 1.165) is 0 Å². The quantitative estimate of drug-likeness (QED) is 0.856. The number of halogens is 1. The average molecular weight is 286 g/mol. The van der Waals surface area contributed by atoms with E-state index in [1.165, 1.54) is 31.2 Å². The van der Waals surface area contributed by atoms with E-state index in [1.807, 2.05) is 0 Å². The Morgan fingerprint density at radius 2 is 1.57 bits per heavy atom. The lowest BCUT2D eigenvalue weighted by molar-refractivity contribution is -0.141. The van der Waals surface area contributed by atoms with E-state index in [1.54, 1.807) is 30.3 Å². The molecule has 0 unspecified atom stereocenters. The first-order chi connectivity index (χ1) is 10.0. The van der Waals surface area contributed by atoms with Gasteiger partial charge in [0.1, 0.15) is 5.82 Å². The van der Waals surface area contributed by atoms with Gasteiger partial charge in [-0.05, 0) is 17.7 Å². The predicted molar refractivity (Wildman–Crippen MR) is 76.7 cm³/mol. The first kappa shape index (κ1) is 14.9. The molecule has 0 spiro atoms. The van der Waals surface area contributed by atoms with Crippen molar-refractivity contribution in [3.8, 4) is 0 Å². The highest BCUT2D eigenvalue weighted by Gasteiger charge is 2.32. The molecule has 2 aromatic carbocycles. The third-order valence-corrected chi connectivity index (χ3v) is 3.46. The molecule has 0 aliphatic carbocycles. The molecular formula is C17H15FO3. The van der Waals surface area contributed by atoms with E-state index >= 15 is 0 Å². The molecule has 4 heteroatoms. The van der Waals surface area contributed by atoms with Gasteiger partial charge in [0.2, 0.25) is 0 Å². The fourth-order valence-electron chi connectivity index (χ4n) is 2.26. The Bertz CT molecular complexity index is 635. The van der Waals surface area contributed by atoms with Gasteiger partial charge in [-0.1, -0.05) is 49.4 Å². The molecule has 3 nitrogen and oxygen atoms in total. The van der Waals surface area contributed by atoms with E-state index < -0.39 is 23.6 Å². The number of carboxylic acids is 1. The normalized spacial score (nSPS) is 13.4. The Hall–Kier alpha value is -2.49. The molecule has 0 radical (unpaired) electrons. The summed E-state index contributed by atoms with van der Waals surface area (Å²) in [6.45, 7) is 1.48. The van der Waals surface area contributed by atoms with Crippen LogP contribution in [0.4, 0.5) is 4.39 Å². The molecule has 0 heterocycles. The Balaban J connectivity index is 2.44. The van der Waals surface area contributed by atoms with Gasteiger partial charge >= 0.3 is 5.97 Å². The first-order valence-corrected chi connectivity index (χ1v) is 6.58. The molecule has 0 aliphatic heterocycles. The van der Waals surface area contributed by atoms with Crippen molar-refractivity contribution in [2.24, 2.45) is 5.92 Å². The highest BCUT2D eigenvalue weighted by molar-refractivity contribution is 6.03. The maximum atomic E-state index is 13.0. The standard InChI is InChI=1S/C17H15FO3/c1-11(17(20)21)15(12-7-9-14(18)10-8-12)16(19)13-5-3-2-4-6-13/h2-11,15H,1H3,(H,20,21)/t11-,15-/m1/s1. The van der Waals surface area contributed by atoms with Crippen molar-refractivity contribution in [2.45, 2.75) is 12.8 Å². The van der Waals surface area contributed by atoms with Gasteiger partial charge in [0, 0.05) is 5.56 Å². The molecule has 1 N–H and O–H groups in total. The summed E-state index contributed by atoms with van der Waals surface area (Å²) < 4.78 is 13.0. The second-order valence-corrected chi connectivity index (χ2v) is 4.89. The van der Waals surface area contributed by atoms with Crippen LogP contribution < -0.4 is 0 Å². The summed E-state index contributed by atoms with van der Waals surface area (Å²) in [4.78, 5) is 23.9. The van der Waals surface area contributed by atoms with Crippen molar-refractivity contribution in [3.05, 3.63) is 71.5 Å². The van der Waals surface area contributed by atoms with Crippen LogP contribution in [0.5, 0.6) is 0 Å². The molecule has 0 fully saturated rings. The number of hydrogen-bond acceptors (Lipinski definition) is 2. The van der Waals surface area contributed by atoms with Crippen molar-refractivity contribution in [2.75, 3.05) is 0 Å². The van der Waals surface area contributed by atoms with Crippen LogP contribution in [0.15, 0.2) is 54.6 Å². The Labute approximate surface area is 122 Å². The zero-order valence-electron chi connectivity index (χ0n) is 11.5. The number of rotatable bonds is 5. The number of hydrogen-bond donors (Lipinski definition) is 1. The SMILES string of the molecule is C[C@@H](C(=O)O)[C@@H](C(=O)c1ccccc1)c1ccc(F)cc1. The second kappa shape index (κ2) is 6.31.